The van der Waals surface area contributed by atoms with Gasteiger partial charge < -0.3 is 5.32 Å². The third-order valence-electron chi connectivity index (χ3n) is 2.98. The van der Waals surface area contributed by atoms with Crippen LogP contribution in [0.15, 0.2) is 6.07 Å². The zero-order valence-electron chi connectivity index (χ0n) is 9.70. The summed E-state index contributed by atoms with van der Waals surface area (Å²) in [4.78, 5) is 8.38. The lowest BCUT2D eigenvalue weighted by molar-refractivity contribution is 0.535. The predicted octanol–water partition coefficient (Wildman–Crippen LogP) is 2.11. The van der Waals surface area contributed by atoms with Gasteiger partial charge in [0, 0.05) is 12.2 Å². The van der Waals surface area contributed by atoms with Crippen molar-refractivity contribution < 1.29 is 0 Å². The molecule has 0 radical (unpaired) electrons. The van der Waals surface area contributed by atoms with Crippen molar-refractivity contribution in [3.8, 4) is 6.07 Å². The Morgan fingerprint density at radius 1 is 1.56 bits per heavy atom. The SMILES string of the molecule is Cc1cc(C#N)nc(NCC(C)C2CC2)n1. The van der Waals surface area contributed by atoms with Crippen molar-refractivity contribution in [3.05, 3.63) is 17.5 Å². The largest absolute Gasteiger partial charge is 0.354 e. The third kappa shape index (κ3) is 2.69. The van der Waals surface area contributed by atoms with Crippen molar-refractivity contribution in [2.75, 3.05) is 11.9 Å². The summed E-state index contributed by atoms with van der Waals surface area (Å²) in [6.45, 7) is 5.00. The highest BCUT2D eigenvalue weighted by Gasteiger charge is 2.27. The number of nitrogens with one attached hydrogen (secondary N) is 1. The summed E-state index contributed by atoms with van der Waals surface area (Å²) in [5, 5.41) is 12.0. The molecule has 1 fully saturated rings. The molecule has 16 heavy (non-hydrogen) atoms. The number of nitriles is 1. The fourth-order valence-electron chi connectivity index (χ4n) is 1.79. The lowest BCUT2D eigenvalue weighted by Gasteiger charge is -2.11. The van der Waals surface area contributed by atoms with E-state index in [0.717, 1.165) is 18.2 Å². The standard InChI is InChI=1S/C12H16N4/c1-8(10-3-4-10)7-14-12-15-9(2)5-11(6-13)16-12/h5,8,10H,3-4,7H2,1-2H3,(H,14,15,16). The molecule has 1 heterocycles. The summed E-state index contributed by atoms with van der Waals surface area (Å²) < 4.78 is 0. The van der Waals surface area contributed by atoms with Gasteiger partial charge in [0.2, 0.25) is 5.95 Å². The van der Waals surface area contributed by atoms with Gasteiger partial charge in [0.25, 0.3) is 0 Å². The van der Waals surface area contributed by atoms with E-state index < -0.39 is 0 Å². The first-order valence-electron chi connectivity index (χ1n) is 5.68. The summed E-state index contributed by atoms with van der Waals surface area (Å²) in [6, 6.07) is 3.73. The average molecular weight is 216 g/mol. The minimum absolute atomic E-state index is 0.425. The first kappa shape index (κ1) is 10.9. The van der Waals surface area contributed by atoms with Crippen molar-refractivity contribution in [3.63, 3.8) is 0 Å². The molecule has 0 aromatic carbocycles. The predicted molar refractivity (Wildman–Crippen MR) is 61.9 cm³/mol. The molecule has 2 rings (SSSR count). The van der Waals surface area contributed by atoms with Crippen LogP contribution in [0.3, 0.4) is 0 Å². The summed E-state index contributed by atoms with van der Waals surface area (Å²) >= 11 is 0. The van der Waals surface area contributed by atoms with E-state index in [0.29, 0.717) is 17.6 Å². The first-order chi connectivity index (χ1) is 7.69. The van der Waals surface area contributed by atoms with Crippen LogP contribution in [0.1, 0.15) is 31.2 Å². The number of aryl methyl sites for hydroxylation is 1. The van der Waals surface area contributed by atoms with Gasteiger partial charge in [-0.05, 0) is 37.7 Å². The topological polar surface area (TPSA) is 61.6 Å². The Balaban J connectivity index is 1.98. The number of rotatable bonds is 4. The second-order valence-corrected chi connectivity index (χ2v) is 4.53. The average Bonchev–Trinajstić information content (AvgIpc) is 3.08. The zero-order valence-corrected chi connectivity index (χ0v) is 9.70. The number of anilines is 1. The van der Waals surface area contributed by atoms with Crippen LogP contribution in [0.25, 0.3) is 0 Å². The van der Waals surface area contributed by atoms with Gasteiger partial charge in [-0.2, -0.15) is 5.26 Å². The van der Waals surface area contributed by atoms with Gasteiger partial charge in [0.15, 0.2) is 0 Å². The van der Waals surface area contributed by atoms with Gasteiger partial charge in [-0.25, -0.2) is 9.97 Å². The molecule has 1 aromatic heterocycles. The van der Waals surface area contributed by atoms with Crippen LogP contribution in [0.4, 0.5) is 5.95 Å². The van der Waals surface area contributed by atoms with E-state index in [1.54, 1.807) is 6.07 Å². The maximum absolute atomic E-state index is 8.79. The molecule has 1 aliphatic rings. The number of hydrogen-bond donors (Lipinski definition) is 1. The maximum atomic E-state index is 8.79. The second kappa shape index (κ2) is 4.48. The quantitative estimate of drug-likeness (QED) is 0.837. The molecule has 0 aliphatic heterocycles. The molecule has 0 amide bonds. The molecule has 0 saturated heterocycles. The number of aromatic nitrogens is 2. The summed E-state index contributed by atoms with van der Waals surface area (Å²) in [5.41, 5.74) is 1.25. The molecule has 1 aromatic rings. The molecule has 4 nitrogen and oxygen atoms in total. The molecule has 1 unspecified atom stereocenters. The lowest BCUT2D eigenvalue weighted by Crippen LogP contribution is -2.15. The van der Waals surface area contributed by atoms with E-state index in [4.69, 9.17) is 5.26 Å². The summed E-state index contributed by atoms with van der Waals surface area (Å²) in [5.74, 6) is 2.10. The van der Waals surface area contributed by atoms with Crippen molar-refractivity contribution in [2.24, 2.45) is 11.8 Å². The molecule has 1 aliphatic carbocycles. The van der Waals surface area contributed by atoms with Gasteiger partial charge in [0.05, 0.1) is 0 Å². The minimum atomic E-state index is 0.425. The Hall–Kier alpha value is -1.63. The number of hydrogen-bond acceptors (Lipinski definition) is 4. The van der Waals surface area contributed by atoms with E-state index in [1.165, 1.54) is 12.8 Å². The van der Waals surface area contributed by atoms with E-state index in [-0.39, 0.29) is 0 Å². The Kier molecular flexibility index (Phi) is 3.04. The minimum Gasteiger partial charge on any atom is -0.354 e. The Labute approximate surface area is 95.7 Å². The maximum Gasteiger partial charge on any atom is 0.224 e. The number of nitrogens with zero attached hydrogens (tertiary/aromatic N) is 3. The van der Waals surface area contributed by atoms with Gasteiger partial charge in [0.1, 0.15) is 11.8 Å². The molecule has 4 heteroatoms. The molecule has 84 valence electrons. The Morgan fingerprint density at radius 3 is 2.94 bits per heavy atom. The molecule has 1 N–H and O–H groups in total. The van der Waals surface area contributed by atoms with Gasteiger partial charge in [-0.3, -0.25) is 0 Å². The molecule has 0 bridgehead atoms. The van der Waals surface area contributed by atoms with Crippen LogP contribution in [0.5, 0.6) is 0 Å². The van der Waals surface area contributed by atoms with Crippen LogP contribution < -0.4 is 5.32 Å². The zero-order chi connectivity index (χ0) is 11.5. The van der Waals surface area contributed by atoms with Crippen molar-refractivity contribution in [2.45, 2.75) is 26.7 Å². The fraction of sp³-hybridized carbons (Fsp3) is 0.583. The van der Waals surface area contributed by atoms with Gasteiger partial charge in [-0.1, -0.05) is 6.92 Å². The molecule has 1 atom stereocenters. The van der Waals surface area contributed by atoms with Crippen molar-refractivity contribution >= 4 is 5.95 Å². The van der Waals surface area contributed by atoms with E-state index in [9.17, 15) is 0 Å². The highest BCUT2D eigenvalue weighted by molar-refractivity contribution is 5.32. The second-order valence-electron chi connectivity index (χ2n) is 4.53. The summed E-state index contributed by atoms with van der Waals surface area (Å²) in [6.07, 6.45) is 2.70. The third-order valence-corrected chi connectivity index (χ3v) is 2.98. The van der Waals surface area contributed by atoms with Crippen LogP contribution in [-0.2, 0) is 0 Å². The lowest BCUT2D eigenvalue weighted by atomic mass is 10.1. The fourth-order valence-corrected chi connectivity index (χ4v) is 1.79. The van der Waals surface area contributed by atoms with Crippen molar-refractivity contribution in [1.29, 1.82) is 5.26 Å². The van der Waals surface area contributed by atoms with Crippen molar-refractivity contribution in [1.82, 2.24) is 9.97 Å². The van der Waals surface area contributed by atoms with E-state index >= 15 is 0 Å². The highest BCUT2D eigenvalue weighted by Crippen LogP contribution is 2.36. The Morgan fingerprint density at radius 2 is 2.31 bits per heavy atom. The molecular weight excluding hydrogens is 200 g/mol. The van der Waals surface area contributed by atoms with Crippen LogP contribution >= 0.6 is 0 Å². The van der Waals surface area contributed by atoms with E-state index in [2.05, 4.69) is 22.2 Å². The normalized spacial score (nSPS) is 16.6. The van der Waals surface area contributed by atoms with Crippen LogP contribution in [0.2, 0.25) is 0 Å². The van der Waals surface area contributed by atoms with Gasteiger partial charge >= 0.3 is 0 Å². The molecule has 0 spiro atoms. The van der Waals surface area contributed by atoms with Crippen LogP contribution in [0, 0.1) is 30.1 Å². The molecule has 1 saturated carbocycles. The monoisotopic (exact) mass is 216 g/mol. The molecular formula is C12H16N4. The Bertz CT molecular complexity index is 418. The van der Waals surface area contributed by atoms with Gasteiger partial charge in [-0.15, -0.1) is 0 Å². The summed E-state index contributed by atoms with van der Waals surface area (Å²) in [7, 11) is 0. The van der Waals surface area contributed by atoms with Crippen LogP contribution in [-0.4, -0.2) is 16.5 Å². The highest BCUT2D eigenvalue weighted by atomic mass is 15.1. The smallest absolute Gasteiger partial charge is 0.224 e. The van der Waals surface area contributed by atoms with E-state index in [1.807, 2.05) is 13.0 Å². The first-order valence-corrected chi connectivity index (χ1v) is 5.68.